The number of carbonyl (C=O) groups is 3. The molecule has 1 rings (SSSR count). The molecule has 0 amide bonds. The van der Waals surface area contributed by atoms with Crippen LogP contribution in [0.15, 0.2) is 18.2 Å². The van der Waals surface area contributed by atoms with Crippen LogP contribution < -0.4 is 0 Å². The maximum absolute atomic E-state index is 12.0. The fourth-order valence-electron chi connectivity index (χ4n) is 2.28. The van der Waals surface area contributed by atoms with E-state index < -0.39 is 17.9 Å². The highest BCUT2D eigenvalue weighted by Crippen LogP contribution is 2.15. The molecule has 1 aromatic rings. The van der Waals surface area contributed by atoms with Gasteiger partial charge in [0.2, 0.25) is 0 Å². The SMILES string of the molecule is CC(C)CCCCCCOC(=O)c1cc(C(=O)O)ccc1C(=O)O. The van der Waals surface area contributed by atoms with Crippen LogP contribution in [0.25, 0.3) is 0 Å². The molecule has 0 spiro atoms. The number of aromatic carboxylic acids is 2. The van der Waals surface area contributed by atoms with Crippen molar-refractivity contribution in [3.8, 4) is 0 Å². The van der Waals surface area contributed by atoms with Gasteiger partial charge in [-0.1, -0.05) is 39.5 Å². The van der Waals surface area contributed by atoms with Crippen LogP contribution in [-0.2, 0) is 4.74 Å². The lowest BCUT2D eigenvalue weighted by molar-refractivity contribution is 0.0487. The van der Waals surface area contributed by atoms with Crippen molar-refractivity contribution in [3.05, 3.63) is 34.9 Å². The van der Waals surface area contributed by atoms with Crippen molar-refractivity contribution >= 4 is 17.9 Å². The van der Waals surface area contributed by atoms with Crippen LogP contribution in [0, 0.1) is 5.92 Å². The van der Waals surface area contributed by atoms with E-state index in [4.69, 9.17) is 14.9 Å². The summed E-state index contributed by atoms with van der Waals surface area (Å²) in [5.41, 5.74) is -0.648. The van der Waals surface area contributed by atoms with E-state index >= 15 is 0 Å². The van der Waals surface area contributed by atoms with Crippen molar-refractivity contribution in [2.24, 2.45) is 5.92 Å². The number of benzene rings is 1. The number of hydrogen-bond donors (Lipinski definition) is 2. The number of ether oxygens (including phenoxy) is 1. The average molecular weight is 336 g/mol. The molecule has 6 nitrogen and oxygen atoms in total. The van der Waals surface area contributed by atoms with Gasteiger partial charge in [-0.05, 0) is 30.5 Å². The van der Waals surface area contributed by atoms with Crippen molar-refractivity contribution < 1.29 is 29.3 Å². The summed E-state index contributed by atoms with van der Waals surface area (Å²) in [4.78, 5) is 34.2. The summed E-state index contributed by atoms with van der Waals surface area (Å²) in [5, 5.41) is 18.1. The molecule has 0 fully saturated rings. The zero-order valence-electron chi connectivity index (χ0n) is 14.1. The van der Waals surface area contributed by atoms with Gasteiger partial charge in [-0.3, -0.25) is 0 Å². The van der Waals surface area contributed by atoms with Crippen molar-refractivity contribution in [2.45, 2.75) is 46.0 Å². The Bertz CT molecular complexity index is 591. The lowest BCUT2D eigenvalue weighted by atomic mass is 10.0. The van der Waals surface area contributed by atoms with Crippen molar-refractivity contribution in [2.75, 3.05) is 6.61 Å². The van der Waals surface area contributed by atoms with Gasteiger partial charge in [0.25, 0.3) is 0 Å². The zero-order valence-corrected chi connectivity index (χ0v) is 14.1. The van der Waals surface area contributed by atoms with Crippen LogP contribution in [0.3, 0.4) is 0 Å². The minimum atomic E-state index is -1.30. The molecule has 0 aromatic heterocycles. The molecule has 0 atom stereocenters. The molecular formula is C18H24O6. The monoisotopic (exact) mass is 336 g/mol. The second-order valence-electron chi connectivity index (χ2n) is 6.10. The Balaban J connectivity index is 2.56. The van der Waals surface area contributed by atoms with Crippen molar-refractivity contribution in [1.82, 2.24) is 0 Å². The average Bonchev–Trinajstić information content (AvgIpc) is 2.52. The molecule has 1 aromatic carbocycles. The Hall–Kier alpha value is -2.37. The van der Waals surface area contributed by atoms with E-state index in [0.717, 1.165) is 37.5 Å². The number of carboxylic acids is 2. The predicted octanol–water partition coefficient (Wildman–Crippen LogP) is 3.85. The first-order valence-corrected chi connectivity index (χ1v) is 8.10. The van der Waals surface area contributed by atoms with E-state index in [0.29, 0.717) is 12.3 Å². The summed E-state index contributed by atoms with van der Waals surface area (Å²) >= 11 is 0. The summed E-state index contributed by atoms with van der Waals surface area (Å²) < 4.78 is 5.09. The second kappa shape index (κ2) is 9.70. The molecule has 0 aliphatic heterocycles. The molecule has 0 unspecified atom stereocenters. The Morgan fingerprint density at radius 3 is 2.21 bits per heavy atom. The van der Waals surface area contributed by atoms with Gasteiger partial charge in [-0.25, -0.2) is 14.4 Å². The van der Waals surface area contributed by atoms with Gasteiger partial charge in [-0.2, -0.15) is 0 Å². The van der Waals surface area contributed by atoms with Gasteiger partial charge < -0.3 is 14.9 Å². The lowest BCUT2D eigenvalue weighted by Crippen LogP contribution is -2.14. The van der Waals surface area contributed by atoms with Gasteiger partial charge in [0.05, 0.1) is 23.3 Å². The van der Waals surface area contributed by atoms with Gasteiger partial charge in [-0.15, -0.1) is 0 Å². The smallest absolute Gasteiger partial charge is 0.339 e. The summed E-state index contributed by atoms with van der Waals surface area (Å²) in [6.07, 6.45) is 5.00. The molecule has 0 heterocycles. The van der Waals surface area contributed by atoms with E-state index in [1.165, 1.54) is 6.42 Å². The second-order valence-corrected chi connectivity index (χ2v) is 6.10. The molecule has 0 saturated heterocycles. The van der Waals surface area contributed by atoms with E-state index in [1.807, 2.05) is 0 Å². The normalized spacial score (nSPS) is 10.6. The summed E-state index contributed by atoms with van der Waals surface area (Å²) in [5.74, 6) is -2.66. The molecule has 0 saturated carbocycles. The molecule has 0 aliphatic carbocycles. The van der Waals surface area contributed by atoms with Gasteiger partial charge >= 0.3 is 17.9 Å². The summed E-state index contributed by atoms with van der Waals surface area (Å²) in [6, 6.07) is 3.29. The molecule has 24 heavy (non-hydrogen) atoms. The first-order valence-electron chi connectivity index (χ1n) is 8.10. The molecule has 0 radical (unpaired) electrons. The quantitative estimate of drug-likeness (QED) is 0.497. The van der Waals surface area contributed by atoms with Crippen molar-refractivity contribution in [3.63, 3.8) is 0 Å². The number of hydrogen-bond acceptors (Lipinski definition) is 4. The first-order chi connectivity index (χ1) is 11.3. The molecule has 2 N–H and O–H groups in total. The van der Waals surface area contributed by atoms with Crippen LogP contribution in [0.4, 0.5) is 0 Å². The number of carbonyl (C=O) groups excluding carboxylic acids is 1. The van der Waals surface area contributed by atoms with Gasteiger partial charge in [0.15, 0.2) is 0 Å². The fourth-order valence-corrected chi connectivity index (χ4v) is 2.28. The number of carboxylic acid groups (broad SMARTS) is 2. The molecule has 132 valence electrons. The predicted molar refractivity (Wildman–Crippen MR) is 88.6 cm³/mol. The minimum absolute atomic E-state index is 0.152. The minimum Gasteiger partial charge on any atom is -0.478 e. The maximum atomic E-state index is 12.0. The topological polar surface area (TPSA) is 101 Å². The highest BCUT2D eigenvalue weighted by molar-refractivity contribution is 6.04. The van der Waals surface area contributed by atoms with Crippen LogP contribution in [0.2, 0.25) is 0 Å². The highest BCUT2D eigenvalue weighted by Gasteiger charge is 2.20. The number of rotatable bonds is 10. The zero-order chi connectivity index (χ0) is 18.1. The van der Waals surface area contributed by atoms with Crippen LogP contribution >= 0.6 is 0 Å². The Labute approximate surface area is 141 Å². The van der Waals surface area contributed by atoms with E-state index in [2.05, 4.69) is 13.8 Å². The largest absolute Gasteiger partial charge is 0.478 e. The third-order valence-electron chi connectivity index (χ3n) is 3.63. The molecule has 6 heteroatoms. The number of esters is 1. The first kappa shape index (κ1) is 19.7. The fraction of sp³-hybridized carbons (Fsp3) is 0.500. The summed E-state index contributed by atoms with van der Waals surface area (Å²) in [7, 11) is 0. The standard InChI is InChI=1S/C18H24O6/c1-12(2)7-5-3-4-6-10-24-18(23)15-11-13(16(19)20)8-9-14(15)17(21)22/h8-9,11-12H,3-7,10H2,1-2H3,(H,19,20)(H,21,22). The van der Waals surface area contributed by atoms with E-state index in [1.54, 1.807) is 0 Å². The van der Waals surface area contributed by atoms with Gasteiger partial charge in [0, 0.05) is 0 Å². The highest BCUT2D eigenvalue weighted by atomic mass is 16.5. The van der Waals surface area contributed by atoms with E-state index in [-0.39, 0.29) is 23.3 Å². The third-order valence-corrected chi connectivity index (χ3v) is 3.63. The summed E-state index contributed by atoms with van der Waals surface area (Å²) in [6.45, 7) is 4.54. The van der Waals surface area contributed by atoms with Crippen molar-refractivity contribution in [1.29, 1.82) is 0 Å². The number of unbranched alkanes of at least 4 members (excludes halogenated alkanes) is 3. The maximum Gasteiger partial charge on any atom is 0.339 e. The Kier molecular flexibility index (Phi) is 7.95. The van der Waals surface area contributed by atoms with Crippen LogP contribution in [0.1, 0.15) is 77.0 Å². The molecular weight excluding hydrogens is 312 g/mol. The van der Waals surface area contributed by atoms with Gasteiger partial charge in [0.1, 0.15) is 0 Å². The van der Waals surface area contributed by atoms with Crippen LogP contribution in [-0.4, -0.2) is 34.7 Å². The lowest BCUT2D eigenvalue weighted by Gasteiger charge is -2.08. The van der Waals surface area contributed by atoms with Crippen LogP contribution in [0.5, 0.6) is 0 Å². The Morgan fingerprint density at radius 1 is 0.958 bits per heavy atom. The third kappa shape index (κ3) is 6.40. The Morgan fingerprint density at radius 2 is 1.62 bits per heavy atom. The molecule has 0 bridgehead atoms. The molecule has 0 aliphatic rings. The van der Waals surface area contributed by atoms with E-state index in [9.17, 15) is 14.4 Å².